The van der Waals surface area contributed by atoms with Crippen LogP contribution in [0.25, 0.3) is 0 Å². The van der Waals surface area contributed by atoms with Gasteiger partial charge in [-0.2, -0.15) is 0 Å². The van der Waals surface area contributed by atoms with Gasteiger partial charge in [-0.1, -0.05) is 38.5 Å². The van der Waals surface area contributed by atoms with Crippen LogP contribution < -0.4 is 16.0 Å². The maximum absolute atomic E-state index is 9.71. The van der Waals surface area contributed by atoms with Crippen molar-refractivity contribution in [2.75, 3.05) is 26.2 Å². The lowest BCUT2D eigenvalue weighted by Crippen LogP contribution is -2.47. The predicted molar refractivity (Wildman–Crippen MR) is 132 cm³/mol. The van der Waals surface area contributed by atoms with Gasteiger partial charge < -0.3 is 19.9 Å². The second kappa shape index (κ2) is 16.4. The van der Waals surface area contributed by atoms with Crippen molar-refractivity contribution >= 4 is 0 Å². The van der Waals surface area contributed by atoms with Crippen LogP contribution >= 0.6 is 0 Å². The molecule has 6 heteroatoms. The molecule has 0 aliphatic rings. The number of ether oxygens (including phenoxy) is 2. The lowest BCUT2D eigenvalue weighted by atomic mass is 10.1. The Morgan fingerprint density at radius 3 is 1.61 bits per heavy atom. The lowest BCUT2D eigenvalue weighted by molar-refractivity contribution is -0.181. The van der Waals surface area contributed by atoms with Gasteiger partial charge in [0.2, 0.25) is 6.41 Å². The van der Waals surface area contributed by atoms with Crippen molar-refractivity contribution in [2.24, 2.45) is 0 Å². The summed E-state index contributed by atoms with van der Waals surface area (Å²) in [7, 11) is 0. The van der Waals surface area contributed by atoms with Crippen molar-refractivity contribution in [3.63, 3.8) is 0 Å². The van der Waals surface area contributed by atoms with Crippen LogP contribution in [-0.4, -0.2) is 54.6 Å². The van der Waals surface area contributed by atoms with Crippen LogP contribution in [0.5, 0.6) is 0 Å². The molecule has 188 valence electrons. The van der Waals surface area contributed by atoms with Crippen molar-refractivity contribution in [3.8, 4) is 0 Å². The van der Waals surface area contributed by atoms with Crippen molar-refractivity contribution in [1.29, 1.82) is 0 Å². The molecule has 0 fully saturated rings. The van der Waals surface area contributed by atoms with Crippen LogP contribution in [0.3, 0.4) is 0 Å². The zero-order valence-electron chi connectivity index (χ0n) is 22.0. The van der Waals surface area contributed by atoms with Crippen molar-refractivity contribution in [2.45, 2.75) is 137 Å². The minimum atomic E-state index is -0.862. The molecular formula is C25H55N3O3. The Bertz CT molecular complexity index is 417. The first-order valence-corrected chi connectivity index (χ1v) is 12.6. The fourth-order valence-corrected chi connectivity index (χ4v) is 3.57. The Hall–Kier alpha value is -0.240. The summed E-state index contributed by atoms with van der Waals surface area (Å²) >= 11 is 0. The van der Waals surface area contributed by atoms with E-state index < -0.39 is 6.41 Å². The predicted octanol–water partition coefficient (Wildman–Crippen LogP) is 4.91. The second-order valence-electron chi connectivity index (χ2n) is 11.1. The van der Waals surface area contributed by atoms with E-state index >= 15 is 0 Å². The first kappa shape index (κ1) is 30.8. The van der Waals surface area contributed by atoms with E-state index in [1.165, 1.54) is 44.9 Å². The SMILES string of the molecule is CC(C)(C)OC(O)NCCCCCCCCCCNCCCNC(C)(C)OC(C)(C)C. The molecule has 6 nitrogen and oxygen atoms in total. The average molecular weight is 446 g/mol. The molecule has 0 bridgehead atoms. The topological polar surface area (TPSA) is 74.8 Å². The van der Waals surface area contributed by atoms with Crippen LogP contribution in [0.1, 0.15) is 113 Å². The monoisotopic (exact) mass is 445 g/mol. The van der Waals surface area contributed by atoms with E-state index in [2.05, 4.69) is 50.6 Å². The first-order chi connectivity index (χ1) is 14.3. The van der Waals surface area contributed by atoms with Gasteiger partial charge in [0.05, 0.1) is 11.2 Å². The molecular weight excluding hydrogens is 390 g/mol. The van der Waals surface area contributed by atoms with Gasteiger partial charge in [-0.15, -0.1) is 0 Å². The standard InChI is InChI=1S/C25H55N3O3/c1-23(2,3)30-22(29)27-20-16-14-12-10-9-11-13-15-18-26-19-17-21-28-25(7,8)31-24(4,5)6/h22,26-29H,9-21H2,1-8H3. The molecule has 0 aliphatic carbocycles. The average Bonchev–Trinajstić information content (AvgIpc) is 2.57. The Kier molecular flexibility index (Phi) is 16.3. The molecule has 0 spiro atoms. The Morgan fingerprint density at radius 1 is 0.613 bits per heavy atom. The second-order valence-corrected chi connectivity index (χ2v) is 11.1. The maximum atomic E-state index is 9.71. The number of aliphatic hydroxyl groups excluding tert-OH is 1. The van der Waals surface area contributed by atoms with Gasteiger partial charge in [0.25, 0.3) is 0 Å². The molecule has 31 heavy (non-hydrogen) atoms. The highest BCUT2D eigenvalue weighted by molar-refractivity contribution is 4.72. The normalized spacial score (nSPS) is 14.2. The van der Waals surface area contributed by atoms with Gasteiger partial charge in [0.1, 0.15) is 5.72 Å². The van der Waals surface area contributed by atoms with E-state index in [0.29, 0.717) is 0 Å². The summed E-state index contributed by atoms with van der Waals surface area (Å²) in [5.41, 5.74) is -0.731. The van der Waals surface area contributed by atoms with Crippen LogP contribution in [0.2, 0.25) is 0 Å². The minimum absolute atomic E-state index is 0.128. The molecule has 0 aromatic heterocycles. The van der Waals surface area contributed by atoms with Gasteiger partial charge in [-0.3, -0.25) is 10.6 Å². The molecule has 4 N–H and O–H groups in total. The third-order valence-electron chi connectivity index (χ3n) is 4.71. The highest BCUT2D eigenvalue weighted by atomic mass is 16.6. The highest BCUT2D eigenvalue weighted by Gasteiger charge is 2.24. The van der Waals surface area contributed by atoms with Gasteiger partial charge >= 0.3 is 0 Å². The summed E-state index contributed by atoms with van der Waals surface area (Å²) in [5, 5.41) is 19.8. The fraction of sp³-hybridized carbons (Fsp3) is 1.00. The molecule has 0 aliphatic heterocycles. The zero-order chi connectivity index (χ0) is 23.8. The largest absolute Gasteiger partial charge is 0.356 e. The zero-order valence-corrected chi connectivity index (χ0v) is 22.0. The highest BCUT2D eigenvalue weighted by Crippen LogP contribution is 2.17. The molecule has 0 saturated carbocycles. The molecule has 0 heterocycles. The number of hydrogen-bond acceptors (Lipinski definition) is 6. The smallest absolute Gasteiger partial charge is 0.214 e. The van der Waals surface area contributed by atoms with Gasteiger partial charge in [-0.25, -0.2) is 0 Å². The molecule has 0 aromatic carbocycles. The van der Waals surface area contributed by atoms with E-state index in [1.807, 2.05) is 20.8 Å². The van der Waals surface area contributed by atoms with Gasteiger partial charge in [0.15, 0.2) is 0 Å². The van der Waals surface area contributed by atoms with Crippen LogP contribution in [0.4, 0.5) is 0 Å². The van der Waals surface area contributed by atoms with E-state index in [4.69, 9.17) is 9.47 Å². The number of rotatable bonds is 19. The van der Waals surface area contributed by atoms with E-state index in [0.717, 1.165) is 39.0 Å². The van der Waals surface area contributed by atoms with Crippen LogP contribution in [0, 0.1) is 0 Å². The summed E-state index contributed by atoms with van der Waals surface area (Å²) in [4.78, 5) is 0. The lowest BCUT2D eigenvalue weighted by Gasteiger charge is -2.34. The molecule has 0 radical (unpaired) electrons. The molecule has 0 rings (SSSR count). The molecule has 0 amide bonds. The quantitative estimate of drug-likeness (QED) is 0.167. The summed E-state index contributed by atoms with van der Waals surface area (Å²) in [6, 6.07) is 0. The third-order valence-corrected chi connectivity index (χ3v) is 4.71. The first-order valence-electron chi connectivity index (χ1n) is 12.6. The number of nitrogens with one attached hydrogen (secondary N) is 3. The minimum Gasteiger partial charge on any atom is -0.356 e. The summed E-state index contributed by atoms with van der Waals surface area (Å²) < 4.78 is 11.4. The number of unbranched alkanes of at least 4 members (excludes halogenated alkanes) is 7. The van der Waals surface area contributed by atoms with E-state index in [9.17, 15) is 5.11 Å². The van der Waals surface area contributed by atoms with Crippen LogP contribution in [-0.2, 0) is 9.47 Å². The van der Waals surface area contributed by atoms with E-state index in [1.54, 1.807) is 0 Å². The molecule has 1 atom stereocenters. The Balaban J connectivity index is 3.32. The van der Waals surface area contributed by atoms with Crippen LogP contribution in [0.15, 0.2) is 0 Å². The third kappa shape index (κ3) is 24.2. The van der Waals surface area contributed by atoms with Crippen molar-refractivity contribution in [1.82, 2.24) is 16.0 Å². The molecule has 1 unspecified atom stereocenters. The molecule has 0 aromatic rings. The number of aliphatic hydroxyl groups is 1. The summed E-state index contributed by atoms with van der Waals surface area (Å²) in [6.45, 7) is 20.2. The summed E-state index contributed by atoms with van der Waals surface area (Å²) in [5.74, 6) is 0. The fourth-order valence-electron chi connectivity index (χ4n) is 3.57. The van der Waals surface area contributed by atoms with Crippen molar-refractivity contribution in [3.05, 3.63) is 0 Å². The van der Waals surface area contributed by atoms with Gasteiger partial charge in [-0.05, 0) is 101 Å². The van der Waals surface area contributed by atoms with E-state index in [-0.39, 0.29) is 16.9 Å². The molecule has 0 saturated heterocycles. The summed E-state index contributed by atoms with van der Waals surface area (Å²) in [6.07, 6.45) is 10.4. The number of hydrogen-bond donors (Lipinski definition) is 4. The van der Waals surface area contributed by atoms with Crippen molar-refractivity contribution < 1.29 is 14.6 Å². The Morgan fingerprint density at radius 2 is 1.10 bits per heavy atom. The van der Waals surface area contributed by atoms with Gasteiger partial charge in [0, 0.05) is 0 Å². The Labute approximate surface area is 193 Å². The maximum Gasteiger partial charge on any atom is 0.214 e.